The fourth-order valence-electron chi connectivity index (χ4n) is 9.14. The molecule has 0 saturated heterocycles. The van der Waals surface area contributed by atoms with Crippen LogP contribution in [0, 0.1) is 5.92 Å². The maximum atomic E-state index is 13.2. The van der Waals surface area contributed by atoms with Crippen molar-refractivity contribution in [1.82, 2.24) is 0 Å². The summed E-state index contributed by atoms with van der Waals surface area (Å²) in [5.41, 5.74) is 0. The lowest BCUT2D eigenvalue weighted by Crippen LogP contribution is -2.21. The molecule has 1 unspecified atom stereocenters. The van der Waals surface area contributed by atoms with Crippen LogP contribution in [0.25, 0.3) is 0 Å². The Morgan fingerprint density at radius 2 is 0.458 bits per heavy atom. The lowest BCUT2D eigenvalue weighted by atomic mass is 9.94. The molecule has 0 fully saturated rings. The van der Waals surface area contributed by atoms with Gasteiger partial charge in [-0.2, -0.15) is 0 Å². The molecule has 0 rings (SSSR count). The highest BCUT2D eigenvalue weighted by molar-refractivity contribution is 5.86. The van der Waals surface area contributed by atoms with E-state index < -0.39 is 0 Å². The number of hydrogen-bond donors (Lipinski definition) is 0. The Kier molecular flexibility index (Phi) is 50.7. The van der Waals surface area contributed by atoms with E-state index in [0.717, 1.165) is 38.5 Å². The maximum Gasteiger partial charge on any atom is 0.316 e. The zero-order chi connectivity index (χ0) is 42.8. The van der Waals surface area contributed by atoms with Crippen LogP contribution in [0.2, 0.25) is 0 Å². The number of unbranched alkanes of at least 4 members (excludes halogenated alkanes) is 44. The first-order valence-electron chi connectivity index (χ1n) is 27.9. The van der Waals surface area contributed by atoms with E-state index in [4.69, 9.17) is 4.74 Å². The van der Waals surface area contributed by atoms with Crippen molar-refractivity contribution in [3.05, 3.63) is 0 Å². The normalized spacial score (nSPS) is 12.1. The first-order chi connectivity index (χ1) is 29.2. The van der Waals surface area contributed by atoms with E-state index in [1.807, 2.05) is 0 Å². The second-order valence-electron chi connectivity index (χ2n) is 19.4. The van der Waals surface area contributed by atoms with Crippen molar-refractivity contribution >= 4 is 11.9 Å². The lowest BCUT2D eigenvalue weighted by molar-refractivity contribution is -0.163. The van der Waals surface area contributed by atoms with Crippen molar-refractivity contribution in [3.63, 3.8) is 0 Å². The van der Waals surface area contributed by atoms with Crippen LogP contribution in [0.5, 0.6) is 0 Å². The third kappa shape index (κ3) is 48.0. The van der Waals surface area contributed by atoms with Crippen molar-refractivity contribution < 1.29 is 14.3 Å². The second kappa shape index (κ2) is 51.5. The smallest absolute Gasteiger partial charge is 0.316 e. The lowest BCUT2D eigenvalue weighted by Gasteiger charge is -2.15. The first kappa shape index (κ1) is 58.1. The Bertz CT molecular complexity index is 807. The van der Waals surface area contributed by atoms with E-state index in [9.17, 15) is 9.59 Å². The van der Waals surface area contributed by atoms with Gasteiger partial charge in [0.25, 0.3) is 0 Å². The SMILES string of the molecule is CCCCCCCCCCCCCCCCCCCCC(CCCCCCCCCCCCCCCC)C(=O)OC(=O)CCCCCCCCCCCCCCCCC. The van der Waals surface area contributed by atoms with Gasteiger partial charge < -0.3 is 4.74 Å². The van der Waals surface area contributed by atoms with Crippen LogP contribution in [0.3, 0.4) is 0 Å². The molecule has 0 heterocycles. The highest BCUT2D eigenvalue weighted by Gasteiger charge is 2.22. The number of hydrogen-bond acceptors (Lipinski definition) is 3. The summed E-state index contributed by atoms with van der Waals surface area (Å²) >= 11 is 0. The molecule has 0 aliphatic heterocycles. The van der Waals surface area contributed by atoms with Gasteiger partial charge in [-0.15, -0.1) is 0 Å². The Balaban J connectivity index is 4.18. The third-order valence-electron chi connectivity index (χ3n) is 13.3. The molecule has 0 amide bonds. The van der Waals surface area contributed by atoms with E-state index in [1.54, 1.807) is 0 Å². The van der Waals surface area contributed by atoms with Crippen molar-refractivity contribution in [2.75, 3.05) is 0 Å². The van der Waals surface area contributed by atoms with Crippen LogP contribution in [-0.2, 0) is 14.3 Å². The summed E-state index contributed by atoms with van der Waals surface area (Å²) < 4.78 is 5.51. The molecule has 0 aliphatic rings. The summed E-state index contributed by atoms with van der Waals surface area (Å²) in [6.45, 7) is 6.88. The quantitative estimate of drug-likeness (QED) is 0.0348. The summed E-state index contributed by atoms with van der Waals surface area (Å²) in [6, 6.07) is 0. The van der Waals surface area contributed by atoms with Crippen molar-refractivity contribution in [1.29, 1.82) is 0 Å². The molecular weight excluding hydrogens is 721 g/mol. The van der Waals surface area contributed by atoms with Gasteiger partial charge in [-0.1, -0.05) is 316 Å². The molecule has 0 aromatic carbocycles. The monoisotopic (exact) mass is 831 g/mol. The van der Waals surface area contributed by atoms with E-state index in [0.29, 0.717) is 6.42 Å². The van der Waals surface area contributed by atoms with Crippen molar-refractivity contribution in [3.8, 4) is 0 Å². The third-order valence-corrected chi connectivity index (χ3v) is 13.3. The molecule has 0 aromatic rings. The molecule has 352 valence electrons. The number of ether oxygens (including phenoxy) is 1. The predicted molar refractivity (Wildman–Crippen MR) is 262 cm³/mol. The topological polar surface area (TPSA) is 43.4 Å². The highest BCUT2D eigenvalue weighted by Crippen LogP contribution is 2.23. The molecule has 3 heteroatoms. The largest absolute Gasteiger partial charge is 0.393 e. The second-order valence-corrected chi connectivity index (χ2v) is 19.4. The Labute approximate surface area is 372 Å². The van der Waals surface area contributed by atoms with Gasteiger partial charge in [0.15, 0.2) is 0 Å². The van der Waals surface area contributed by atoms with Gasteiger partial charge in [0, 0.05) is 6.42 Å². The molecule has 0 saturated carbocycles. The highest BCUT2D eigenvalue weighted by atomic mass is 16.6. The fourth-order valence-corrected chi connectivity index (χ4v) is 9.14. The zero-order valence-corrected chi connectivity index (χ0v) is 41.2. The van der Waals surface area contributed by atoms with Gasteiger partial charge in [0.1, 0.15) is 0 Å². The van der Waals surface area contributed by atoms with Crippen LogP contribution in [-0.4, -0.2) is 11.9 Å². The van der Waals surface area contributed by atoms with Crippen LogP contribution < -0.4 is 0 Å². The van der Waals surface area contributed by atoms with Gasteiger partial charge >= 0.3 is 11.9 Å². The van der Waals surface area contributed by atoms with Gasteiger partial charge in [0.2, 0.25) is 0 Å². The zero-order valence-electron chi connectivity index (χ0n) is 41.2. The molecule has 0 radical (unpaired) electrons. The molecule has 59 heavy (non-hydrogen) atoms. The fraction of sp³-hybridized carbons (Fsp3) is 0.964. The van der Waals surface area contributed by atoms with Crippen LogP contribution in [0.4, 0.5) is 0 Å². The molecule has 0 aliphatic carbocycles. The average molecular weight is 831 g/mol. The Hall–Kier alpha value is -0.860. The number of esters is 2. The van der Waals surface area contributed by atoms with Gasteiger partial charge in [-0.25, -0.2) is 0 Å². The van der Waals surface area contributed by atoms with E-state index in [-0.39, 0.29) is 17.9 Å². The van der Waals surface area contributed by atoms with Gasteiger partial charge in [0.05, 0.1) is 5.92 Å². The van der Waals surface area contributed by atoms with Crippen LogP contribution in [0.15, 0.2) is 0 Å². The van der Waals surface area contributed by atoms with Gasteiger partial charge in [-0.05, 0) is 19.3 Å². The molecule has 0 spiro atoms. The molecule has 3 nitrogen and oxygen atoms in total. The minimum atomic E-state index is -0.284. The Morgan fingerprint density at radius 3 is 0.678 bits per heavy atom. The molecular formula is C56H110O3. The van der Waals surface area contributed by atoms with Crippen LogP contribution in [0.1, 0.15) is 342 Å². The van der Waals surface area contributed by atoms with Crippen molar-refractivity contribution in [2.45, 2.75) is 342 Å². The summed E-state index contributed by atoms with van der Waals surface area (Å²) in [5, 5.41) is 0. The number of carbonyl (C=O) groups is 2. The molecule has 0 N–H and O–H groups in total. The van der Waals surface area contributed by atoms with Gasteiger partial charge in [-0.3, -0.25) is 9.59 Å². The summed E-state index contributed by atoms with van der Waals surface area (Å²) in [4.78, 5) is 25.9. The summed E-state index contributed by atoms with van der Waals surface area (Å²) in [5.74, 6) is -0.607. The number of carbonyl (C=O) groups excluding carboxylic acids is 2. The number of rotatable bonds is 51. The molecule has 0 bridgehead atoms. The van der Waals surface area contributed by atoms with E-state index in [1.165, 1.54) is 276 Å². The minimum Gasteiger partial charge on any atom is -0.393 e. The summed E-state index contributed by atoms with van der Waals surface area (Å²) in [7, 11) is 0. The predicted octanol–water partition coefficient (Wildman–Crippen LogP) is 20.2. The Morgan fingerprint density at radius 1 is 0.271 bits per heavy atom. The first-order valence-corrected chi connectivity index (χ1v) is 27.9. The average Bonchev–Trinajstić information content (AvgIpc) is 3.23. The summed E-state index contributed by atoms with van der Waals surface area (Å²) in [6.07, 6.45) is 65.4. The molecule has 0 aromatic heterocycles. The standard InChI is InChI=1S/C56H110O3/c1-4-7-10-13-16-19-22-25-28-29-30-32-34-37-40-43-46-49-52-54(51-48-45-42-39-36-33-27-24-21-18-15-12-9-6-3)56(58)59-55(57)53-50-47-44-41-38-35-31-26-23-20-17-14-11-8-5-2/h54H,4-53H2,1-3H3. The van der Waals surface area contributed by atoms with E-state index in [2.05, 4.69) is 20.8 Å². The van der Waals surface area contributed by atoms with Crippen LogP contribution >= 0.6 is 0 Å². The maximum absolute atomic E-state index is 13.2. The minimum absolute atomic E-state index is 0.0987. The van der Waals surface area contributed by atoms with Crippen molar-refractivity contribution in [2.24, 2.45) is 5.92 Å². The molecule has 1 atom stereocenters. The van der Waals surface area contributed by atoms with E-state index >= 15 is 0 Å².